The van der Waals surface area contributed by atoms with E-state index in [1.807, 2.05) is 6.92 Å². The summed E-state index contributed by atoms with van der Waals surface area (Å²) in [4.78, 5) is 0.200. The Balaban J connectivity index is 2.84. The second-order valence-electron chi connectivity index (χ2n) is 4.20. The summed E-state index contributed by atoms with van der Waals surface area (Å²) in [5.41, 5.74) is 0.381. The van der Waals surface area contributed by atoms with Crippen molar-refractivity contribution in [3.8, 4) is 0 Å². The maximum absolute atomic E-state index is 11.7. The summed E-state index contributed by atoms with van der Waals surface area (Å²) in [7, 11) is -6.60. The van der Waals surface area contributed by atoms with E-state index in [0.29, 0.717) is 12.1 Å². The molecular weight excluding hydrogens is 286 g/mol. The van der Waals surface area contributed by atoms with Gasteiger partial charge in [-0.15, -0.1) is 0 Å². The SMILES string of the molecule is CCCCS(=O)(=O)Nc1ccc(S(=O)(=O)CC)cc1. The molecule has 0 saturated heterocycles. The summed E-state index contributed by atoms with van der Waals surface area (Å²) < 4.78 is 49.0. The Morgan fingerprint density at radius 2 is 1.58 bits per heavy atom. The van der Waals surface area contributed by atoms with Crippen LogP contribution in [0.1, 0.15) is 26.7 Å². The number of sulfonamides is 1. The van der Waals surface area contributed by atoms with Crippen LogP contribution in [-0.4, -0.2) is 28.3 Å². The lowest BCUT2D eigenvalue weighted by atomic mass is 10.3. The first-order valence-corrected chi connectivity index (χ1v) is 9.44. The molecule has 19 heavy (non-hydrogen) atoms. The van der Waals surface area contributed by atoms with Gasteiger partial charge < -0.3 is 0 Å². The molecule has 1 rings (SSSR count). The van der Waals surface area contributed by atoms with E-state index in [0.717, 1.165) is 6.42 Å². The van der Waals surface area contributed by atoms with Crippen LogP contribution in [0.5, 0.6) is 0 Å². The van der Waals surface area contributed by atoms with Crippen molar-refractivity contribution in [2.75, 3.05) is 16.2 Å². The number of benzene rings is 1. The third-order valence-electron chi connectivity index (χ3n) is 2.63. The highest BCUT2D eigenvalue weighted by Gasteiger charge is 2.13. The molecule has 0 aliphatic rings. The molecule has 0 radical (unpaired) electrons. The zero-order valence-corrected chi connectivity index (χ0v) is 12.7. The highest BCUT2D eigenvalue weighted by molar-refractivity contribution is 7.92. The van der Waals surface area contributed by atoms with E-state index in [1.165, 1.54) is 24.3 Å². The summed E-state index contributed by atoms with van der Waals surface area (Å²) in [5, 5.41) is 0. The van der Waals surface area contributed by atoms with Crippen molar-refractivity contribution in [3.05, 3.63) is 24.3 Å². The van der Waals surface area contributed by atoms with E-state index >= 15 is 0 Å². The van der Waals surface area contributed by atoms with Gasteiger partial charge in [0.1, 0.15) is 0 Å². The highest BCUT2D eigenvalue weighted by atomic mass is 32.2. The lowest BCUT2D eigenvalue weighted by Gasteiger charge is -2.08. The van der Waals surface area contributed by atoms with Gasteiger partial charge in [0.2, 0.25) is 10.0 Å². The highest BCUT2D eigenvalue weighted by Crippen LogP contribution is 2.16. The molecule has 1 N–H and O–H groups in total. The molecule has 5 nitrogen and oxygen atoms in total. The second kappa shape index (κ2) is 6.38. The fourth-order valence-corrected chi connectivity index (χ4v) is 3.61. The number of sulfone groups is 1. The number of hydrogen-bond donors (Lipinski definition) is 1. The van der Waals surface area contributed by atoms with E-state index < -0.39 is 19.9 Å². The first-order valence-electron chi connectivity index (χ1n) is 6.14. The molecule has 0 aromatic heterocycles. The normalized spacial score (nSPS) is 12.3. The van der Waals surface area contributed by atoms with Crippen molar-refractivity contribution in [2.24, 2.45) is 0 Å². The molecule has 0 saturated carbocycles. The van der Waals surface area contributed by atoms with Gasteiger partial charge in [-0.2, -0.15) is 0 Å². The molecule has 0 fully saturated rings. The zero-order valence-electron chi connectivity index (χ0n) is 11.1. The maximum Gasteiger partial charge on any atom is 0.232 e. The van der Waals surface area contributed by atoms with Gasteiger partial charge in [0.15, 0.2) is 9.84 Å². The molecule has 0 aliphatic carbocycles. The maximum atomic E-state index is 11.7. The van der Waals surface area contributed by atoms with Gasteiger partial charge in [-0.1, -0.05) is 20.3 Å². The number of unbranched alkanes of at least 4 members (excludes halogenated alkanes) is 1. The summed E-state index contributed by atoms with van der Waals surface area (Å²) in [6.45, 7) is 3.48. The van der Waals surface area contributed by atoms with Crippen molar-refractivity contribution in [1.82, 2.24) is 0 Å². The van der Waals surface area contributed by atoms with Crippen LogP contribution in [-0.2, 0) is 19.9 Å². The number of hydrogen-bond acceptors (Lipinski definition) is 4. The van der Waals surface area contributed by atoms with E-state index in [4.69, 9.17) is 0 Å². The Hall–Kier alpha value is -1.08. The van der Waals surface area contributed by atoms with Gasteiger partial charge in [0, 0.05) is 5.69 Å². The fourth-order valence-electron chi connectivity index (χ4n) is 1.46. The zero-order chi connectivity index (χ0) is 14.5. The number of anilines is 1. The summed E-state index contributed by atoms with van der Waals surface area (Å²) in [6, 6.07) is 5.76. The summed E-state index contributed by atoms with van der Waals surface area (Å²) in [5.74, 6) is 0.0904. The standard InChI is InChI=1S/C12H19NO4S2/c1-3-5-10-19(16,17)13-11-6-8-12(9-7-11)18(14,15)4-2/h6-9,13H,3-5,10H2,1-2H3. The van der Waals surface area contributed by atoms with Crippen LogP contribution in [0.15, 0.2) is 29.2 Å². The minimum absolute atomic E-state index is 0.0224. The molecule has 108 valence electrons. The summed E-state index contributed by atoms with van der Waals surface area (Å²) >= 11 is 0. The molecule has 7 heteroatoms. The molecule has 0 heterocycles. The average molecular weight is 305 g/mol. The first kappa shape index (κ1) is 16.0. The molecular formula is C12H19NO4S2. The molecule has 0 aliphatic heterocycles. The van der Waals surface area contributed by atoms with Gasteiger partial charge >= 0.3 is 0 Å². The largest absolute Gasteiger partial charge is 0.284 e. The second-order valence-corrected chi connectivity index (χ2v) is 8.32. The Kier molecular flexibility index (Phi) is 5.37. The van der Waals surface area contributed by atoms with Crippen LogP contribution >= 0.6 is 0 Å². The third-order valence-corrected chi connectivity index (χ3v) is 5.76. The van der Waals surface area contributed by atoms with Crippen molar-refractivity contribution in [2.45, 2.75) is 31.6 Å². The fraction of sp³-hybridized carbons (Fsp3) is 0.500. The minimum atomic E-state index is -3.35. The first-order chi connectivity index (χ1) is 8.80. The van der Waals surface area contributed by atoms with Crippen LogP contribution in [0.3, 0.4) is 0 Å². The number of rotatable bonds is 7. The van der Waals surface area contributed by atoms with Crippen LogP contribution in [0.25, 0.3) is 0 Å². The van der Waals surface area contributed by atoms with E-state index in [9.17, 15) is 16.8 Å². The monoisotopic (exact) mass is 305 g/mol. The van der Waals surface area contributed by atoms with E-state index in [1.54, 1.807) is 6.92 Å². The minimum Gasteiger partial charge on any atom is -0.284 e. The molecule has 1 aromatic carbocycles. The topological polar surface area (TPSA) is 80.3 Å². The van der Waals surface area contributed by atoms with Gasteiger partial charge in [0.25, 0.3) is 0 Å². The average Bonchev–Trinajstić information content (AvgIpc) is 2.36. The van der Waals surface area contributed by atoms with E-state index in [2.05, 4.69) is 4.72 Å². The van der Waals surface area contributed by atoms with Crippen LogP contribution < -0.4 is 4.72 Å². The van der Waals surface area contributed by atoms with Crippen molar-refractivity contribution in [1.29, 1.82) is 0 Å². The predicted molar refractivity (Wildman–Crippen MR) is 76.5 cm³/mol. The van der Waals surface area contributed by atoms with Crippen molar-refractivity contribution in [3.63, 3.8) is 0 Å². The Morgan fingerprint density at radius 3 is 2.05 bits per heavy atom. The van der Waals surface area contributed by atoms with Crippen LogP contribution in [0, 0.1) is 0 Å². The molecule has 0 bridgehead atoms. The molecule has 1 aromatic rings. The molecule has 0 amide bonds. The third kappa shape index (κ3) is 4.83. The molecule has 0 atom stereocenters. The number of nitrogens with one attached hydrogen (secondary N) is 1. The van der Waals surface area contributed by atoms with Crippen molar-refractivity contribution < 1.29 is 16.8 Å². The van der Waals surface area contributed by atoms with Gasteiger partial charge in [0.05, 0.1) is 16.4 Å². The predicted octanol–water partition coefficient (Wildman–Crippen LogP) is 2.02. The Bertz CT molecular complexity index is 604. The molecule has 0 unspecified atom stereocenters. The Morgan fingerprint density at radius 1 is 1.00 bits per heavy atom. The lowest BCUT2D eigenvalue weighted by Crippen LogP contribution is -2.16. The Labute approximate surface area is 115 Å². The van der Waals surface area contributed by atoms with Gasteiger partial charge in [-0.05, 0) is 30.7 Å². The lowest BCUT2D eigenvalue weighted by molar-refractivity contribution is 0.596. The van der Waals surface area contributed by atoms with Crippen LogP contribution in [0.4, 0.5) is 5.69 Å². The summed E-state index contributed by atoms with van der Waals surface area (Å²) in [6.07, 6.45) is 1.40. The smallest absolute Gasteiger partial charge is 0.232 e. The van der Waals surface area contributed by atoms with Gasteiger partial charge in [-0.25, -0.2) is 16.8 Å². The quantitative estimate of drug-likeness (QED) is 0.835. The van der Waals surface area contributed by atoms with E-state index in [-0.39, 0.29) is 16.4 Å². The van der Waals surface area contributed by atoms with Crippen LogP contribution in [0.2, 0.25) is 0 Å². The molecule has 0 spiro atoms. The van der Waals surface area contributed by atoms with Gasteiger partial charge in [-0.3, -0.25) is 4.72 Å². The van der Waals surface area contributed by atoms with Crippen molar-refractivity contribution >= 4 is 25.5 Å².